The Bertz CT molecular complexity index is 328. The van der Waals surface area contributed by atoms with Crippen molar-refractivity contribution in [2.45, 2.75) is 64.0 Å². The zero-order valence-electron chi connectivity index (χ0n) is 11.0. The lowest BCUT2D eigenvalue weighted by molar-refractivity contribution is 0.242. The summed E-state index contributed by atoms with van der Waals surface area (Å²) < 4.78 is 0. The quantitative estimate of drug-likeness (QED) is 0.814. The fourth-order valence-electron chi connectivity index (χ4n) is 3.46. The maximum absolute atomic E-state index is 4.88. The van der Waals surface area contributed by atoms with Crippen LogP contribution in [0.2, 0.25) is 0 Å². The maximum Gasteiger partial charge on any atom is 0.157 e. The first-order valence-electron chi connectivity index (χ1n) is 7.19. The lowest BCUT2D eigenvalue weighted by Gasteiger charge is -2.36. The van der Waals surface area contributed by atoms with Gasteiger partial charge in [0.2, 0.25) is 0 Å². The van der Waals surface area contributed by atoms with Crippen LogP contribution in [0.25, 0.3) is 0 Å². The predicted molar refractivity (Wildman–Crippen MR) is 75.6 cm³/mol. The Balaban J connectivity index is 1.61. The van der Waals surface area contributed by atoms with Crippen LogP contribution in [0.1, 0.15) is 52.4 Å². The monoisotopic (exact) mass is 252 g/mol. The van der Waals surface area contributed by atoms with Crippen molar-refractivity contribution in [3.05, 3.63) is 0 Å². The first-order chi connectivity index (χ1) is 8.21. The summed E-state index contributed by atoms with van der Waals surface area (Å²) in [6.07, 6.45) is 8.14. The van der Waals surface area contributed by atoms with Gasteiger partial charge in [-0.2, -0.15) is 0 Å². The zero-order valence-corrected chi connectivity index (χ0v) is 11.9. The average Bonchev–Trinajstić information content (AvgIpc) is 2.94. The number of nitrogens with one attached hydrogen (secondary N) is 1. The summed E-state index contributed by atoms with van der Waals surface area (Å²) in [6, 6.07) is 0.645. The topological polar surface area (TPSA) is 24.4 Å². The molecule has 0 bridgehead atoms. The Kier molecular flexibility index (Phi) is 3.14. The Labute approximate surface area is 109 Å². The standard InChI is InChI=1S/C14H24N2S/c1-3-11-7-12(11)15-13-16-14(9-17-13)6-4-5-10(2)8-14/h10-12H,3-9H2,1-2H3,(H,15,16). The third kappa shape index (κ3) is 2.49. The molecule has 0 aromatic rings. The van der Waals surface area contributed by atoms with E-state index in [-0.39, 0.29) is 0 Å². The van der Waals surface area contributed by atoms with E-state index >= 15 is 0 Å². The maximum atomic E-state index is 4.88. The first-order valence-corrected chi connectivity index (χ1v) is 8.18. The van der Waals surface area contributed by atoms with Crippen molar-refractivity contribution in [3.63, 3.8) is 0 Å². The third-order valence-corrected chi connectivity index (χ3v) is 5.82. The zero-order chi connectivity index (χ0) is 11.9. The molecule has 0 aromatic carbocycles. The number of thioether (sulfide) groups is 1. The lowest BCUT2D eigenvalue weighted by atomic mass is 9.78. The van der Waals surface area contributed by atoms with Crippen molar-refractivity contribution in [1.82, 2.24) is 5.32 Å². The number of rotatable bonds is 2. The van der Waals surface area contributed by atoms with Crippen LogP contribution in [0.15, 0.2) is 4.99 Å². The molecule has 3 fully saturated rings. The van der Waals surface area contributed by atoms with E-state index in [1.807, 2.05) is 11.8 Å². The van der Waals surface area contributed by atoms with E-state index in [0.717, 1.165) is 11.8 Å². The number of hydrogen-bond acceptors (Lipinski definition) is 2. The molecule has 96 valence electrons. The number of aliphatic imine (C=N–C) groups is 1. The van der Waals surface area contributed by atoms with E-state index in [1.165, 1.54) is 49.4 Å². The molecule has 17 heavy (non-hydrogen) atoms. The summed E-state index contributed by atoms with van der Waals surface area (Å²) in [7, 11) is 0. The van der Waals surface area contributed by atoms with Gasteiger partial charge >= 0.3 is 0 Å². The highest BCUT2D eigenvalue weighted by Crippen LogP contribution is 2.41. The molecule has 1 N–H and O–H groups in total. The Morgan fingerprint density at radius 2 is 2.41 bits per heavy atom. The van der Waals surface area contributed by atoms with E-state index in [0.29, 0.717) is 11.6 Å². The highest BCUT2D eigenvalue weighted by atomic mass is 32.2. The lowest BCUT2D eigenvalue weighted by Crippen LogP contribution is -2.47. The van der Waals surface area contributed by atoms with Crippen molar-refractivity contribution < 1.29 is 0 Å². The number of hydrogen-bond donors (Lipinski definition) is 1. The second-order valence-electron chi connectivity index (χ2n) is 6.30. The van der Waals surface area contributed by atoms with Crippen molar-refractivity contribution in [2.24, 2.45) is 16.8 Å². The largest absolute Gasteiger partial charge is 0.359 e. The molecule has 1 aliphatic heterocycles. The van der Waals surface area contributed by atoms with Crippen molar-refractivity contribution in [3.8, 4) is 0 Å². The summed E-state index contributed by atoms with van der Waals surface area (Å²) >= 11 is 1.97. The van der Waals surface area contributed by atoms with Gasteiger partial charge in [0.05, 0.1) is 6.04 Å². The minimum Gasteiger partial charge on any atom is -0.359 e. The predicted octanol–water partition coefficient (Wildman–Crippen LogP) is 3.43. The third-order valence-electron chi connectivity index (χ3n) is 4.64. The van der Waals surface area contributed by atoms with Crippen LogP contribution in [0.3, 0.4) is 0 Å². The molecular weight excluding hydrogens is 228 g/mol. The highest BCUT2D eigenvalue weighted by Gasteiger charge is 2.42. The van der Waals surface area contributed by atoms with Gasteiger partial charge in [-0.25, -0.2) is 0 Å². The second kappa shape index (κ2) is 4.49. The highest BCUT2D eigenvalue weighted by molar-refractivity contribution is 8.14. The van der Waals surface area contributed by atoms with Crippen LogP contribution in [0.5, 0.6) is 0 Å². The average molecular weight is 252 g/mol. The van der Waals surface area contributed by atoms with Gasteiger partial charge in [-0.05, 0) is 31.1 Å². The van der Waals surface area contributed by atoms with Gasteiger partial charge in [0.25, 0.3) is 0 Å². The fourth-order valence-corrected chi connectivity index (χ4v) is 4.70. The molecule has 1 heterocycles. The number of amidine groups is 1. The van der Waals surface area contributed by atoms with Crippen molar-refractivity contribution in [1.29, 1.82) is 0 Å². The molecule has 3 heteroatoms. The van der Waals surface area contributed by atoms with Gasteiger partial charge in [0, 0.05) is 11.3 Å². The van der Waals surface area contributed by atoms with Crippen LogP contribution in [0, 0.1) is 11.8 Å². The fraction of sp³-hybridized carbons (Fsp3) is 0.929. The van der Waals surface area contributed by atoms with Gasteiger partial charge in [-0.3, -0.25) is 4.99 Å². The van der Waals surface area contributed by atoms with Gasteiger partial charge in [0.1, 0.15) is 0 Å². The molecule has 3 rings (SSSR count). The normalized spacial score (nSPS) is 47.4. The molecule has 4 unspecified atom stereocenters. The van der Waals surface area contributed by atoms with Crippen LogP contribution < -0.4 is 5.32 Å². The van der Waals surface area contributed by atoms with Gasteiger partial charge in [0.15, 0.2) is 5.17 Å². The van der Waals surface area contributed by atoms with Crippen LogP contribution in [-0.4, -0.2) is 22.5 Å². The minimum absolute atomic E-state index is 0.401. The summed E-state index contributed by atoms with van der Waals surface area (Å²) in [5.41, 5.74) is 0.401. The summed E-state index contributed by atoms with van der Waals surface area (Å²) in [4.78, 5) is 4.88. The molecule has 2 aliphatic carbocycles. The van der Waals surface area contributed by atoms with Crippen molar-refractivity contribution in [2.75, 3.05) is 5.75 Å². The molecular formula is C14H24N2S. The van der Waals surface area contributed by atoms with Gasteiger partial charge < -0.3 is 5.32 Å². The smallest absolute Gasteiger partial charge is 0.157 e. The van der Waals surface area contributed by atoms with Crippen LogP contribution in [0.4, 0.5) is 0 Å². The Morgan fingerprint density at radius 3 is 3.12 bits per heavy atom. The van der Waals surface area contributed by atoms with E-state index in [2.05, 4.69) is 19.2 Å². The molecule has 0 aromatic heterocycles. The van der Waals surface area contributed by atoms with Gasteiger partial charge in [-0.1, -0.05) is 44.9 Å². The second-order valence-corrected chi connectivity index (χ2v) is 7.27. The van der Waals surface area contributed by atoms with E-state index in [1.54, 1.807) is 0 Å². The Hall–Kier alpha value is -0.180. The molecule has 3 aliphatic rings. The van der Waals surface area contributed by atoms with E-state index < -0.39 is 0 Å². The molecule has 2 nitrogen and oxygen atoms in total. The van der Waals surface area contributed by atoms with E-state index in [4.69, 9.17) is 4.99 Å². The van der Waals surface area contributed by atoms with Crippen molar-refractivity contribution >= 4 is 16.9 Å². The first kappa shape index (κ1) is 11.9. The molecule has 2 saturated carbocycles. The Morgan fingerprint density at radius 1 is 1.53 bits per heavy atom. The summed E-state index contributed by atoms with van der Waals surface area (Å²) in [5, 5.41) is 5.02. The van der Waals surface area contributed by atoms with Gasteiger partial charge in [-0.15, -0.1) is 0 Å². The van der Waals surface area contributed by atoms with Crippen LogP contribution in [-0.2, 0) is 0 Å². The molecule has 1 saturated heterocycles. The SMILES string of the molecule is CCC1CC1N=C1NC2(CCCC(C)C2)CS1. The summed E-state index contributed by atoms with van der Waals surface area (Å²) in [6.45, 7) is 4.68. The molecule has 0 amide bonds. The summed E-state index contributed by atoms with van der Waals surface area (Å²) in [5.74, 6) is 3.02. The molecule has 1 spiro atoms. The number of nitrogens with zero attached hydrogens (tertiary/aromatic N) is 1. The van der Waals surface area contributed by atoms with E-state index in [9.17, 15) is 0 Å². The molecule has 0 radical (unpaired) electrons. The van der Waals surface area contributed by atoms with Crippen LogP contribution >= 0.6 is 11.8 Å². The molecule has 4 atom stereocenters. The minimum atomic E-state index is 0.401.